The fourth-order valence-electron chi connectivity index (χ4n) is 6.17. The Hall–Kier alpha value is -2.68. The van der Waals surface area contributed by atoms with Gasteiger partial charge in [-0.3, -0.25) is 4.98 Å². The van der Waals surface area contributed by atoms with Gasteiger partial charge in [0, 0.05) is 34.6 Å². The van der Waals surface area contributed by atoms with Crippen LogP contribution in [-0.4, -0.2) is 10.5 Å². The number of anilines is 1. The molecule has 0 bridgehead atoms. The second-order valence-electron chi connectivity index (χ2n) is 11.7. The molecule has 34 heavy (non-hydrogen) atoms. The van der Waals surface area contributed by atoms with Crippen molar-refractivity contribution in [3.63, 3.8) is 0 Å². The van der Waals surface area contributed by atoms with Crippen LogP contribution < -0.4 is 4.90 Å². The Labute approximate surface area is 205 Å². The zero-order valence-corrected chi connectivity index (χ0v) is 22.0. The highest BCUT2D eigenvalue weighted by atomic mass is 19.1. The van der Waals surface area contributed by atoms with Gasteiger partial charge in [-0.2, -0.15) is 0 Å². The lowest BCUT2D eigenvalue weighted by Crippen LogP contribution is -2.51. The smallest absolute Gasteiger partial charge is 0.214 e. The summed E-state index contributed by atoms with van der Waals surface area (Å²) >= 11 is 0. The number of rotatable bonds is 5. The molecule has 1 fully saturated rings. The van der Waals surface area contributed by atoms with Crippen LogP contribution in [0.5, 0.6) is 0 Å². The Balaban J connectivity index is 1.95. The number of hydrogen-bond donors (Lipinski definition) is 0. The molecule has 1 aliphatic heterocycles. The number of alkyl halides is 1. The van der Waals surface area contributed by atoms with E-state index in [4.69, 9.17) is 0 Å². The highest BCUT2D eigenvalue weighted by Gasteiger charge is 2.64. The van der Waals surface area contributed by atoms with Gasteiger partial charge in [0.2, 0.25) is 5.79 Å². The first-order valence-electron chi connectivity index (χ1n) is 12.5. The van der Waals surface area contributed by atoms with Crippen molar-refractivity contribution >= 4 is 5.69 Å². The van der Waals surface area contributed by atoms with Crippen LogP contribution in [0.15, 0.2) is 67.0 Å². The first-order valence-corrected chi connectivity index (χ1v) is 12.5. The summed E-state index contributed by atoms with van der Waals surface area (Å²) in [5, 5.41) is 0. The lowest BCUT2D eigenvalue weighted by Gasteiger charge is -2.47. The summed E-state index contributed by atoms with van der Waals surface area (Å²) in [7, 11) is 0. The lowest BCUT2D eigenvalue weighted by molar-refractivity contribution is 0.0459. The fraction of sp³-hybridized carbons (Fsp3) is 0.452. The number of para-hydroxylation sites is 1. The van der Waals surface area contributed by atoms with Crippen molar-refractivity contribution < 1.29 is 4.39 Å². The van der Waals surface area contributed by atoms with E-state index in [9.17, 15) is 0 Å². The van der Waals surface area contributed by atoms with Crippen molar-refractivity contribution in [2.75, 3.05) is 4.90 Å². The summed E-state index contributed by atoms with van der Waals surface area (Å²) in [6.07, 6.45) is 4.34. The quantitative estimate of drug-likeness (QED) is 0.355. The van der Waals surface area contributed by atoms with Crippen molar-refractivity contribution in [2.24, 2.45) is 5.41 Å². The average molecular weight is 459 g/mol. The van der Waals surface area contributed by atoms with Gasteiger partial charge in [0.1, 0.15) is 0 Å². The predicted octanol–water partition coefficient (Wildman–Crippen LogP) is 8.83. The monoisotopic (exact) mass is 458 g/mol. The van der Waals surface area contributed by atoms with Gasteiger partial charge in [-0.05, 0) is 66.5 Å². The normalized spacial score (nSPS) is 21.4. The van der Waals surface area contributed by atoms with Crippen LogP contribution in [0, 0.1) is 5.41 Å². The van der Waals surface area contributed by atoms with Gasteiger partial charge in [0.25, 0.3) is 0 Å². The predicted molar refractivity (Wildman–Crippen MR) is 142 cm³/mol. The van der Waals surface area contributed by atoms with E-state index >= 15 is 4.39 Å². The number of hydrogen-bond acceptors (Lipinski definition) is 2. The van der Waals surface area contributed by atoms with Crippen LogP contribution in [0.1, 0.15) is 90.3 Å². The molecule has 1 aromatic heterocycles. The molecule has 2 heterocycles. The third-order valence-corrected chi connectivity index (χ3v) is 7.53. The lowest BCUT2D eigenvalue weighted by atomic mass is 9.76. The Morgan fingerprint density at radius 1 is 0.765 bits per heavy atom. The molecule has 2 aromatic carbocycles. The molecule has 2 nitrogen and oxygen atoms in total. The van der Waals surface area contributed by atoms with Gasteiger partial charge in [0.05, 0.1) is 0 Å². The molecule has 4 rings (SSSR count). The summed E-state index contributed by atoms with van der Waals surface area (Å²) in [5.74, 6) is -1.06. The summed E-state index contributed by atoms with van der Waals surface area (Å²) in [4.78, 5) is 6.25. The SMILES string of the molecule is CC(C)c1cccc(C(C)C)c1N1C(C)(C)CC(C)(C)C1(F)c1ccc(-c2ccncc2)cc1. The summed E-state index contributed by atoms with van der Waals surface area (Å²) in [6.45, 7) is 17.4. The van der Waals surface area contributed by atoms with Crippen LogP contribution >= 0.6 is 0 Å². The van der Waals surface area contributed by atoms with Gasteiger partial charge in [-0.1, -0.05) is 84.0 Å². The van der Waals surface area contributed by atoms with Gasteiger partial charge < -0.3 is 4.90 Å². The van der Waals surface area contributed by atoms with E-state index in [1.165, 1.54) is 11.1 Å². The van der Waals surface area contributed by atoms with Crippen LogP contribution in [0.25, 0.3) is 11.1 Å². The third-order valence-electron chi connectivity index (χ3n) is 7.53. The number of pyridine rings is 1. The van der Waals surface area contributed by atoms with E-state index in [1.807, 2.05) is 36.4 Å². The van der Waals surface area contributed by atoms with E-state index in [1.54, 1.807) is 12.4 Å². The molecule has 180 valence electrons. The second kappa shape index (κ2) is 8.52. The van der Waals surface area contributed by atoms with E-state index < -0.39 is 11.2 Å². The van der Waals surface area contributed by atoms with Gasteiger partial charge in [0.15, 0.2) is 0 Å². The molecular weight excluding hydrogens is 419 g/mol. The number of benzene rings is 2. The van der Waals surface area contributed by atoms with Crippen molar-refractivity contribution in [1.29, 1.82) is 0 Å². The number of aromatic nitrogens is 1. The molecule has 0 saturated carbocycles. The molecule has 0 spiro atoms. The molecule has 3 heteroatoms. The molecule has 1 atom stereocenters. The Morgan fingerprint density at radius 2 is 1.26 bits per heavy atom. The highest BCUT2D eigenvalue weighted by Crippen LogP contribution is 2.62. The van der Waals surface area contributed by atoms with E-state index in [0.29, 0.717) is 17.4 Å². The Morgan fingerprint density at radius 3 is 1.76 bits per heavy atom. The molecule has 1 unspecified atom stereocenters. The minimum atomic E-state index is -1.65. The zero-order chi connectivity index (χ0) is 24.9. The fourth-order valence-corrected chi connectivity index (χ4v) is 6.17. The highest BCUT2D eigenvalue weighted by molar-refractivity contribution is 5.68. The molecule has 0 radical (unpaired) electrons. The molecule has 1 saturated heterocycles. The molecule has 0 N–H and O–H groups in total. The number of halogens is 1. The summed E-state index contributed by atoms with van der Waals surface area (Å²) < 4.78 is 18.0. The molecular formula is C31H39FN2. The maximum Gasteiger partial charge on any atom is 0.214 e. The molecule has 1 aliphatic rings. The first kappa shape index (κ1) is 24.4. The molecule has 0 aliphatic carbocycles. The topological polar surface area (TPSA) is 16.1 Å². The van der Waals surface area contributed by atoms with E-state index in [0.717, 1.165) is 23.2 Å². The van der Waals surface area contributed by atoms with E-state index in [2.05, 4.69) is 83.5 Å². The molecule has 3 aromatic rings. The zero-order valence-electron chi connectivity index (χ0n) is 22.0. The number of nitrogens with zero attached hydrogens (tertiary/aromatic N) is 2. The minimum absolute atomic E-state index is 0.298. The van der Waals surface area contributed by atoms with Gasteiger partial charge >= 0.3 is 0 Å². The van der Waals surface area contributed by atoms with Crippen LogP contribution in [0.4, 0.5) is 10.1 Å². The van der Waals surface area contributed by atoms with Crippen LogP contribution in [0.3, 0.4) is 0 Å². The Kier molecular flexibility index (Phi) is 6.12. The summed E-state index contributed by atoms with van der Waals surface area (Å²) in [5.41, 5.74) is 5.45. The average Bonchev–Trinajstić information content (AvgIpc) is 2.93. The van der Waals surface area contributed by atoms with Gasteiger partial charge in [-0.15, -0.1) is 0 Å². The maximum absolute atomic E-state index is 18.0. The third kappa shape index (κ3) is 3.83. The van der Waals surface area contributed by atoms with Crippen molar-refractivity contribution in [1.82, 2.24) is 4.98 Å². The van der Waals surface area contributed by atoms with Crippen molar-refractivity contribution in [2.45, 2.75) is 85.0 Å². The second-order valence-corrected chi connectivity index (χ2v) is 11.7. The molecule has 0 amide bonds. The Bertz CT molecular complexity index is 1120. The van der Waals surface area contributed by atoms with Gasteiger partial charge in [-0.25, -0.2) is 4.39 Å². The standard InChI is InChI=1S/C31H39FN2/c1-21(2)26-10-9-11-27(22(3)4)28(26)34-30(7,8)20-29(5,6)31(34,32)25-14-12-23(13-15-25)24-16-18-33-19-17-24/h9-19,21-22H,20H2,1-8H3. The van der Waals surface area contributed by atoms with Crippen LogP contribution in [-0.2, 0) is 5.79 Å². The van der Waals surface area contributed by atoms with Crippen LogP contribution in [0.2, 0.25) is 0 Å². The largest absolute Gasteiger partial charge is 0.330 e. The van der Waals surface area contributed by atoms with E-state index in [-0.39, 0.29) is 5.54 Å². The maximum atomic E-state index is 18.0. The summed E-state index contributed by atoms with van der Waals surface area (Å²) in [6, 6.07) is 18.5. The van der Waals surface area contributed by atoms with Crippen molar-refractivity contribution in [3.05, 3.63) is 83.7 Å². The first-order chi connectivity index (χ1) is 15.9. The van der Waals surface area contributed by atoms with Crippen molar-refractivity contribution in [3.8, 4) is 11.1 Å². The minimum Gasteiger partial charge on any atom is -0.330 e.